The Morgan fingerprint density at radius 2 is 1.86 bits per heavy atom. The van der Waals surface area contributed by atoms with E-state index < -0.39 is 9.84 Å². The molecule has 2 aromatic carbocycles. The molecular formula is C26H26N6O3S. The molecule has 0 radical (unpaired) electrons. The number of benzene rings is 2. The summed E-state index contributed by atoms with van der Waals surface area (Å²) in [6.45, 7) is 2.94. The molecule has 10 heteroatoms. The molecule has 5 rings (SSSR count). The number of nitrogens with zero attached hydrogens (tertiary/aromatic N) is 5. The van der Waals surface area contributed by atoms with Gasteiger partial charge in [-0.1, -0.05) is 36.4 Å². The highest BCUT2D eigenvalue weighted by Crippen LogP contribution is 2.28. The van der Waals surface area contributed by atoms with Gasteiger partial charge in [0, 0.05) is 30.9 Å². The predicted octanol–water partition coefficient (Wildman–Crippen LogP) is 2.48. The highest BCUT2D eigenvalue weighted by Gasteiger charge is 2.28. The summed E-state index contributed by atoms with van der Waals surface area (Å²) < 4.78 is 29.7. The van der Waals surface area contributed by atoms with Gasteiger partial charge in [0.25, 0.3) is 5.56 Å². The summed E-state index contributed by atoms with van der Waals surface area (Å²) in [6, 6.07) is 17.3. The first-order chi connectivity index (χ1) is 17.3. The van der Waals surface area contributed by atoms with Crippen molar-refractivity contribution >= 4 is 21.3 Å². The van der Waals surface area contributed by atoms with Gasteiger partial charge in [-0.15, -0.1) is 5.10 Å². The normalized spacial score (nSPS) is 16.2. The second-order valence-electron chi connectivity index (χ2n) is 9.04. The van der Waals surface area contributed by atoms with E-state index in [0.29, 0.717) is 35.7 Å². The smallest absolute Gasteiger partial charge is 0.279 e. The molecule has 36 heavy (non-hydrogen) atoms. The average Bonchev–Trinajstić information content (AvgIpc) is 3.23. The van der Waals surface area contributed by atoms with Crippen molar-refractivity contribution in [3.8, 4) is 6.07 Å². The van der Waals surface area contributed by atoms with E-state index >= 15 is 0 Å². The molecule has 1 fully saturated rings. The molecule has 0 bridgehead atoms. The Hall–Kier alpha value is -3.94. The monoisotopic (exact) mass is 502 g/mol. The Morgan fingerprint density at radius 3 is 2.58 bits per heavy atom. The van der Waals surface area contributed by atoms with Crippen molar-refractivity contribution < 1.29 is 8.42 Å². The van der Waals surface area contributed by atoms with Crippen LogP contribution in [0.25, 0.3) is 5.52 Å². The highest BCUT2D eigenvalue weighted by atomic mass is 32.2. The Kier molecular flexibility index (Phi) is 6.12. The van der Waals surface area contributed by atoms with E-state index in [1.165, 1.54) is 27.4 Å². The molecule has 1 saturated heterocycles. The van der Waals surface area contributed by atoms with Crippen LogP contribution in [0, 0.1) is 18.3 Å². The fourth-order valence-electron chi connectivity index (χ4n) is 4.77. The van der Waals surface area contributed by atoms with Gasteiger partial charge in [0.2, 0.25) is 15.8 Å². The Labute approximate surface area is 208 Å². The number of anilines is 1. The molecule has 0 unspecified atom stereocenters. The maximum Gasteiger partial charge on any atom is 0.279 e. The second kappa shape index (κ2) is 9.26. The van der Waals surface area contributed by atoms with Crippen molar-refractivity contribution in [3.05, 3.63) is 87.8 Å². The van der Waals surface area contributed by atoms with Crippen LogP contribution in [0.2, 0.25) is 0 Å². The minimum atomic E-state index is -3.86. The molecule has 0 amide bonds. The fourth-order valence-corrected chi connectivity index (χ4v) is 6.28. The predicted molar refractivity (Wildman–Crippen MR) is 136 cm³/mol. The van der Waals surface area contributed by atoms with Crippen molar-refractivity contribution in [3.63, 3.8) is 0 Å². The zero-order valence-electron chi connectivity index (χ0n) is 19.8. The standard InChI is InChI=1S/C26H26N6O3S/c1-18-23(36(34,35)22-11-3-2-4-12-22)17-32-24(18)25(33)31(15-20-9-6-5-8-19(20)14-27)26(29-32)30-13-7-10-21(28)16-30/h2-6,8-9,11-12,17,21H,7,10,13,15-16,28H2,1H3/t21-/m1/s1. The lowest BCUT2D eigenvalue weighted by atomic mass is 10.1. The number of piperidine rings is 1. The second-order valence-corrected chi connectivity index (χ2v) is 11.0. The molecule has 0 aliphatic carbocycles. The number of nitrogens with two attached hydrogens (primary N) is 1. The zero-order chi connectivity index (χ0) is 25.4. The number of hydrogen-bond donors (Lipinski definition) is 1. The number of hydrogen-bond acceptors (Lipinski definition) is 7. The molecule has 184 valence electrons. The summed E-state index contributed by atoms with van der Waals surface area (Å²) in [5.74, 6) is 0.397. The van der Waals surface area contributed by atoms with E-state index in [1.54, 1.807) is 43.3 Å². The van der Waals surface area contributed by atoms with E-state index in [4.69, 9.17) is 10.8 Å². The lowest BCUT2D eigenvalue weighted by Gasteiger charge is -2.32. The van der Waals surface area contributed by atoms with Crippen LogP contribution in [0.1, 0.15) is 29.5 Å². The molecule has 4 aromatic rings. The fraction of sp³-hybridized carbons (Fsp3) is 0.269. The Balaban J connectivity index is 1.74. The van der Waals surface area contributed by atoms with Gasteiger partial charge in [0.15, 0.2) is 0 Å². The van der Waals surface area contributed by atoms with Crippen molar-refractivity contribution in [2.45, 2.75) is 42.1 Å². The summed E-state index contributed by atoms with van der Waals surface area (Å²) in [4.78, 5) is 16.1. The van der Waals surface area contributed by atoms with Gasteiger partial charge in [0.1, 0.15) is 5.52 Å². The summed E-state index contributed by atoms with van der Waals surface area (Å²) in [5.41, 5.74) is 7.51. The molecule has 0 saturated carbocycles. The summed E-state index contributed by atoms with van der Waals surface area (Å²) in [7, 11) is -3.86. The Bertz CT molecular complexity index is 1650. The molecular weight excluding hydrogens is 476 g/mol. The summed E-state index contributed by atoms with van der Waals surface area (Å²) in [6.07, 6.45) is 3.14. The first-order valence-corrected chi connectivity index (χ1v) is 13.2. The molecule has 9 nitrogen and oxygen atoms in total. The minimum Gasteiger partial charge on any atom is -0.339 e. The topological polar surface area (TPSA) is 126 Å². The van der Waals surface area contributed by atoms with Crippen molar-refractivity contribution in [2.24, 2.45) is 5.73 Å². The number of aromatic nitrogens is 3. The SMILES string of the molecule is Cc1c(S(=O)(=O)c2ccccc2)cn2nc(N3CCC[C@@H](N)C3)n(Cc3ccccc3C#N)c(=O)c12. The molecule has 2 aromatic heterocycles. The maximum absolute atomic E-state index is 13.9. The third kappa shape index (κ3) is 4.06. The van der Waals surface area contributed by atoms with E-state index in [2.05, 4.69) is 6.07 Å². The maximum atomic E-state index is 13.9. The van der Waals surface area contributed by atoms with Gasteiger partial charge >= 0.3 is 0 Å². The first-order valence-electron chi connectivity index (χ1n) is 11.7. The third-order valence-electron chi connectivity index (χ3n) is 6.63. The zero-order valence-corrected chi connectivity index (χ0v) is 20.6. The van der Waals surface area contributed by atoms with Gasteiger partial charge in [-0.3, -0.25) is 9.36 Å². The van der Waals surface area contributed by atoms with E-state index in [-0.39, 0.29) is 33.5 Å². The van der Waals surface area contributed by atoms with Crippen LogP contribution in [0.15, 0.2) is 75.4 Å². The van der Waals surface area contributed by atoms with Gasteiger partial charge in [0.05, 0.1) is 28.0 Å². The molecule has 2 N–H and O–H groups in total. The highest BCUT2D eigenvalue weighted by molar-refractivity contribution is 7.91. The lowest BCUT2D eigenvalue weighted by molar-refractivity contribution is 0.487. The summed E-state index contributed by atoms with van der Waals surface area (Å²) in [5, 5.41) is 14.3. The van der Waals surface area contributed by atoms with E-state index in [1.807, 2.05) is 11.0 Å². The molecule has 1 aliphatic heterocycles. The summed E-state index contributed by atoms with van der Waals surface area (Å²) >= 11 is 0. The first kappa shape index (κ1) is 23.8. The average molecular weight is 503 g/mol. The van der Waals surface area contributed by atoms with Crippen LogP contribution in [-0.2, 0) is 16.4 Å². The van der Waals surface area contributed by atoms with Crippen LogP contribution in [0.3, 0.4) is 0 Å². The molecule has 0 spiro atoms. The molecule has 3 heterocycles. The van der Waals surface area contributed by atoms with E-state index in [9.17, 15) is 18.5 Å². The number of fused-ring (bicyclic) bond motifs is 1. The number of rotatable bonds is 5. The van der Waals surface area contributed by atoms with Crippen LogP contribution < -0.4 is 16.2 Å². The molecule has 1 aliphatic rings. The number of sulfone groups is 1. The van der Waals surface area contributed by atoms with Crippen molar-refractivity contribution in [2.75, 3.05) is 18.0 Å². The van der Waals surface area contributed by atoms with Gasteiger partial charge in [-0.2, -0.15) is 5.26 Å². The quantitative estimate of drug-likeness (QED) is 0.444. The van der Waals surface area contributed by atoms with Gasteiger partial charge in [-0.05, 0) is 43.5 Å². The van der Waals surface area contributed by atoms with Crippen LogP contribution in [0.5, 0.6) is 0 Å². The largest absolute Gasteiger partial charge is 0.339 e. The van der Waals surface area contributed by atoms with Crippen LogP contribution in [0.4, 0.5) is 5.95 Å². The van der Waals surface area contributed by atoms with Crippen LogP contribution in [-0.4, -0.2) is 41.7 Å². The third-order valence-corrected chi connectivity index (χ3v) is 8.51. The Morgan fingerprint density at radius 1 is 1.14 bits per heavy atom. The minimum absolute atomic E-state index is 0.0368. The lowest BCUT2D eigenvalue weighted by Crippen LogP contribution is -2.46. The van der Waals surface area contributed by atoms with Crippen LogP contribution >= 0.6 is 0 Å². The van der Waals surface area contributed by atoms with Crippen molar-refractivity contribution in [1.82, 2.24) is 14.2 Å². The van der Waals surface area contributed by atoms with Gasteiger partial charge < -0.3 is 10.6 Å². The number of nitriles is 1. The van der Waals surface area contributed by atoms with Crippen molar-refractivity contribution in [1.29, 1.82) is 5.26 Å². The molecule has 1 atom stereocenters. The number of aryl methyl sites for hydroxylation is 1. The van der Waals surface area contributed by atoms with Gasteiger partial charge in [-0.25, -0.2) is 12.9 Å². The van der Waals surface area contributed by atoms with E-state index in [0.717, 1.165) is 12.8 Å².